The van der Waals surface area contributed by atoms with E-state index in [0.29, 0.717) is 43.0 Å². The first-order valence-corrected chi connectivity index (χ1v) is 14.3. The van der Waals surface area contributed by atoms with Crippen molar-refractivity contribution in [3.05, 3.63) is 77.5 Å². The molecule has 0 unspecified atom stereocenters. The lowest BCUT2D eigenvalue weighted by molar-refractivity contribution is 0.0393. The van der Waals surface area contributed by atoms with Crippen molar-refractivity contribution in [2.75, 3.05) is 36.5 Å². The third-order valence-corrected chi connectivity index (χ3v) is 8.07. The fourth-order valence-electron chi connectivity index (χ4n) is 5.88. The summed E-state index contributed by atoms with van der Waals surface area (Å²) in [5, 5.41) is 6.95. The van der Waals surface area contributed by atoms with Gasteiger partial charge < -0.3 is 20.1 Å². The molecular formula is C31H37N5O3. The molecule has 3 heterocycles. The Hall–Kier alpha value is -3.49. The Bertz CT molecular complexity index is 1260. The average molecular weight is 528 g/mol. The molecule has 1 saturated heterocycles. The summed E-state index contributed by atoms with van der Waals surface area (Å²) in [6.45, 7) is 3.85. The van der Waals surface area contributed by atoms with Gasteiger partial charge in [-0.2, -0.15) is 4.98 Å². The molecular weight excluding hydrogens is 490 g/mol. The number of anilines is 2. The number of ether oxygens (including phenoxy) is 2. The predicted molar refractivity (Wildman–Crippen MR) is 151 cm³/mol. The number of rotatable bonds is 9. The zero-order valence-electron chi connectivity index (χ0n) is 22.4. The third-order valence-electron chi connectivity index (χ3n) is 8.07. The molecule has 0 bridgehead atoms. The Morgan fingerprint density at radius 1 is 1.08 bits per heavy atom. The van der Waals surface area contributed by atoms with Crippen molar-refractivity contribution in [2.45, 2.75) is 57.3 Å². The quantitative estimate of drug-likeness (QED) is 0.420. The molecule has 2 fully saturated rings. The van der Waals surface area contributed by atoms with Crippen LogP contribution in [-0.4, -0.2) is 54.3 Å². The standard InChI is InChI=1S/C31H37N5O3/c37-30(25-9-10-27-24(19-25)14-18-38-27)36(20-22-11-15-32-16-12-22)29-13-17-33-31(35-29)34-26-7-4-8-28(26)39-21-23-5-2-1-3-6-23/h1-3,5-6,9-10,13,17,19,22,26,28,32H,4,7-8,11-12,14-16,18,20-21H2,(H,33,34,35)/t26-,28-/m0/s1. The number of nitrogens with one attached hydrogen (secondary N) is 2. The summed E-state index contributed by atoms with van der Waals surface area (Å²) in [6.07, 6.45) is 7.87. The minimum atomic E-state index is -0.0298. The molecule has 1 aliphatic carbocycles. The summed E-state index contributed by atoms with van der Waals surface area (Å²) in [7, 11) is 0. The lowest BCUT2D eigenvalue weighted by Gasteiger charge is -2.30. The van der Waals surface area contributed by atoms with Gasteiger partial charge in [0.15, 0.2) is 0 Å². The van der Waals surface area contributed by atoms with E-state index in [1.165, 1.54) is 5.56 Å². The Morgan fingerprint density at radius 2 is 1.95 bits per heavy atom. The van der Waals surface area contributed by atoms with Crippen LogP contribution >= 0.6 is 0 Å². The number of carbonyl (C=O) groups is 1. The Morgan fingerprint density at radius 3 is 2.82 bits per heavy atom. The normalized spacial score (nSPS) is 20.8. The van der Waals surface area contributed by atoms with Crippen molar-refractivity contribution < 1.29 is 14.3 Å². The summed E-state index contributed by atoms with van der Waals surface area (Å²) in [4.78, 5) is 25.1. The van der Waals surface area contributed by atoms with E-state index >= 15 is 0 Å². The second kappa shape index (κ2) is 12.1. The maximum absolute atomic E-state index is 13.9. The molecule has 2 N–H and O–H groups in total. The van der Waals surface area contributed by atoms with Crippen molar-refractivity contribution in [1.29, 1.82) is 0 Å². The van der Waals surface area contributed by atoms with E-state index in [9.17, 15) is 4.79 Å². The van der Waals surface area contributed by atoms with Gasteiger partial charge >= 0.3 is 0 Å². The predicted octanol–water partition coefficient (Wildman–Crippen LogP) is 4.61. The zero-order valence-corrected chi connectivity index (χ0v) is 22.4. The van der Waals surface area contributed by atoms with Gasteiger partial charge in [0.25, 0.3) is 5.91 Å². The lowest BCUT2D eigenvalue weighted by atomic mass is 9.97. The first kappa shape index (κ1) is 25.8. The average Bonchev–Trinajstić information content (AvgIpc) is 3.64. The van der Waals surface area contributed by atoms with Crippen LogP contribution in [0.15, 0.2) is 60.8 Å². The Balaban J connectivity index is 1.19. The van der Waals surface area contributed by atoms with Crippen LogP contribution in [0.5, 0.6) is 5.75 Å². The topological polar surface area (TPSA) is 88.6 Å². The molecule has 1 aromatic heterocycles. The molecule has 6 rings (SSSR count). The van der Waals surface area contributed by atoms with Crippen LogP contribution in [-0.2, 0) is 17.8 Å². The number of nitrogens with zero attached hydrogens (tertiary/aromatic N) is 3. The smallest absolute Gasteiger partial charge is 0.259 e. The molecule has 2 aliphatic heterocycles. The van der Waals surface area contributed by atoms with E-state index in [4.69, 9.17) is 14.5 Å². The number of carbonyl (C=O) groups excluding carboxylic acids is 1. The maximum Gasteiger partial charge on any atom is 0.259 e. The molecule has 0 spiro atoms. The van der Waals surface area contributed by atoms with Crippen molar-refractivity contribution in [3.63, 3.8) is 0 Å². The summed E-state index contributed by atoms with van der Waals surface area (Å²) < 4.78 is 11.9. The highest BCUT2D eigenvalue weighted by Crippen LogP contribution is 2.29. The fraction of sp³-hybridized carbons (Fsp3) is 0.452. The second-order valence-corrected chi connectivity index (χ2v) is 10.8. The Labute approximate surface area is 230 Å². The number of hydrogen-bond donors (Lipinski definition) is 2. The van der Waals surface area contributed by atoms with Crippen molar-refractivity contribution >= 4 is 17.7 Å². The molecule has 1 amide bonds. The van der Waals surface area contributed by atoms with Gasteiger partial charge in [-0.15, -0.1) is 0 Å². The SMILES string of the molecule is O=C(c1ccc2c(c1)CCO2)N(CC1CCNCC1)c1ccnc(N[C@H]2CCC[C@@H]2OCc2ccccc2)n1. The third kappa shape index (κ3) is 6.23. The largest absolute Gasteiger partial charge is 0.493 e. The van der Waals surface area contributed by atoms with Gasteiger partial charge in [-0.05, 0) is 86.5 Å². The van der Waals surface area contributed by atoms with Crippen LogP contribution in [0.4, 0.5) is 11.8 Å². The first-order valence-electron chi connectivity index (χ1n) is 14.3. The van der Waals surface area contributed by atoms with Gasteiger partial charge in [0, 0.05) is 24.7 Å². The van der Waals surface area contributed by atoms with E-state index < -0.39 is 0 Å². The maximum atomic E-state index is 13.9. The van der Waals surface area contributed by atoms with Gasteiger partial charge in [-0.3, -0.25) is 9.69 Å². The molecule has 3 aliphatic rings. The first-order chi connectivity index (χ1) is 19.2. The zero-order chi connectivity index (χ0) is 26.4. The van der Waals surface area contributed by atoms with E-state index in [2.05, 4.69) is 27.8 Å². The van der Waals surface area contributed by atoms with Gasteiger partial charge in [-0.25, -0.2) is 4.98 Å². The van der Waals surface area contributed by atoms with Crippen molar-refractivity contribution in [1.82, 2.24) is 15.3 Å². The monoisotopic (exact) mass is 527 g/mol. The lowest BCUT2D eigenvalue weighted by Crippen LogP contribution is -2.40. The fourth-order valence-corrected chi connectivity index (χ4v) is 5.88. The van der Waals surface area contributed by atoms with Crippen LogP contribution in [0.25, 0.3) is 0 Å². The molecule has 3 aromatic rings. The molecule has 39 heavy (non-hydrogen) atoms. The molecule has 2 atom stereocenters. The molecule has 0 radical (unpaired) electrons. The molecule has 1 saturated carbocycles. The highest BCUT2D eigenvalue weighted by molar-refractivity contribution is 6.05. The minimum Gasteiger partial charge on any atom is -0.493 e. The number of aromatic nitrogens is 2. The highest BCUT2D eigenvalue weighted by atomic mass is 16.5. The highest BCUT2D eigenvalue weighted by Gasteiger charge is 2.30. The van der Waals surface area contributed by atoms with Crippen molar-refractivity contribution in [2.24, 2.45) is 5.92 Å². The Kier molecular flexibility index (Phi) is 8.02. The van der Waals surface area contributed by atoms with Crippen LogP contribution in [0.1, 0.15) is 53.6 Å². The van der Waals surface area contributed by atoms with Gasteiger partial charge in [-0.1, -0.05) is 30.3 Å². The number of hydrogen-bond acceptors (Lipinski definition) is 7. The molecule has 8 heteroatoms. The summed E-state index contributed by atoms with van der Waals surface area (Å²) in [6, 6.07) is 18.0. The van der Waals surface area contributed by atoms with Crippen LogP contribution in [0.2, 0.25) is 0 Å². The number of amides is 1. The number of fused-ring (bicyclic) bond motifs is 1. The van der Waals surface area contributed by atoms with E-state index in [-0.39, 0.29) is 18.1 Å². The molecule has 204 valence electrons. The van der Waals surface area contributed by atoms with Crippen molar-refractivity contribution in [3.8, 4) is 5.75 Å². The number of benzene rings is 2. The van der Waals surface area contributed by atoms with Gasteiger partial charge in [0.1, 0.15) is 11.6 Å². The second-order valence-electron chi connectivity index (χ2n) is 10.8. The molecule has 8 nitrogen and oxygen atoms in total. The van der Waals surface area contributed by atoms with Crippen LogP contribution < -0.4 is 20.3 Å². The summed E-state index contributed by atoms with van der Waals surface area (Å²) in [5.74, 6) is 2.44. The summed E-state index contributed by atoms with van der Waals surface area (Å²) >= 11 is 0. The van der Waals surface area contributed by atoms with E-state index in [1.807, 2.05) is 47.4 Å². The van der Waals surface area contributed by atoms with E-state index in [0.717, 1.165) is 62.9 Å². The van der Waals surface area contributed by atoms with Crippen LogP contribution in [0.3, 0.4) is 0 Å². The van der Waals surface area contributed by atoms with Gasteiger partial charge in [0.2, 0.25) is 5.95 Å². The van der Waals surface area contributed by atoms with Crippen LogP contribution in [0, 0.1) is 5.92 Å². The van der Waals surface area contributed by atoms with E-state index in [1.54, 1.807) is 6.20 Å². The number of piperidine rings is 1. The minimum absolute atomic E-state index is 0.0298. The molecule has 2 aromatic carbocycles. The summed E-state index contributed by atoms with van der Waals surface area (Å²) in [5.41, 5.74) is 2.94. The van der Waals surface area contributed by atoms with Gasteiger partial charge in [0.05, 0.1) is 25.4 Å².